The number of hydrogen-bond acceptors (Lipinski definition) is 4. The average Bonchev–Trinajstić information content (AvgIpc) is 3.53. The minimum Gasteiger partial charge on any atom is -0.481 e. The summed E-state index contributed by atoms with van der Waals surface area (Å²) in [5.74, 6) is -1.12. The van der Waals surface area contributed by atoms with Gasteiger partial charge in [0, 0.05) is 18.5 Å². The Kier molecular flexibility index (Phi) is 5.82. The van der Waals surface area contributed by atoms with Gasteiger partial charge in [-0.05, 0) is 54.9 Å². The molecule has 5 rings (SSSR count). The molecule has 1 saturated carbocycles. The lowest BCUT2D eigenvalue weighted by Gasteiger charge is -2.36. The Balaban J connectivity index is 1.28. The van der Waals surface area contributed by atoms with Crippen LogP contribution in [-0.2, 0) is 14.3 Å². The van der Waals surface area contributed by atoms with E-state index >= 15 is 0 Å². The molecule has 0 aromatic heterocycles. The van der Waals surface area contributed by atoms with Crippen LogP contribution in [-0.4, -0.2) is 52.7 Å². The predicted octanol–water partition coefficient (Wildman–Crippen LogP) is 4.55. The number of ether oxygens (including phenoxy) is 1. The average molecular weight is 477 g/mol. The summed E-state index contributed by atoms with van der Waals surface area (Å²) in [6.07, 6.45) is 2.27. The highest BCUT2D eigenvalue weighted by Gasteiger charge is 2.58. The van der Waals surface area contributed by atoms with Gasteiger partial charge in [-0.15, -0.1) is 0 Å². The molecule has 0 radical (unpaired) electrons. The second kappa shape index (κ2) is 8.70. The molecule has 184 valence electrons. The van der Waals surface area contributed by atoms with Crippen LogP contribution in [0.4, 0.5) is 4.79 Å². The molecule has 0 bridgehead atoms. The fourth-order valence-electron chi connectivity index (χ4n) is 6.34. The summed E-state index contributed by atoms with van der Waals surface area (Å²) < 4.78 is 5.68. The molecule has 7 nitrogen and oxygen atoms in total. The topological polar surface area (TPSA) is 95.9 Å². The summed E-state index contributed by atoms with van der Waals surface area (Å²) in [5.41, 5.74) is 2.53. The van der Waals surface area contributed by atoms with Crippen molar-refractivity contribution in [2.45, 2.75) is 63.5 Å². The number of carboxylic acid groups (broad SMARTS) is 1. The maximum Gasteiger partial charge on any atom is 0.408 e. The summed E-state index contributed by atoms with van der Waals surface area (Å²) in [7, 11) is 0. The van der Waals surface area contributed by atoms with E-state index in [9.17, 15) is 19.5 Å². The van der Waals surface area contributed by atoms with Gasteiger partial charge in [0.05, 0.1) is 5.41 Å². The highest BCUT2D eigenvalue weighted by Crippen LogP contribution is 2.49. The Hall–Kier alpha value is -3.35. The third kappa shape index (κ3) is 3.68. The van der Waals surface area contributed by atoms with Gasteiger partial charge in [0.25, 0.3) is 0 Å². The molecular weight excluding hydrogens is 444 g/mol. The number of carboxylic acids is 1. The van der Waals surface area contributed by atoms with Crippen molar-refractivity contribution in [3.8, 4) is 11.1 Å². The number of hydrogen-bond donors (Lipinski definition) is 2. The van der Waals surface area contributed by atoms with Crippen LogP contribution in [0.1, 0.15) is 63.0 Å². The van der Waals surface area contributed by atoms with E-state index in [1.165, 1.54) is 0 Å². The molecule has 7 heteroatoms. The first-order chi connectivity index (χ1) is 16.8. The smallest absolute Gasteiger partial charge is 0.408 e. The van der Waals surface area contributed by atoms with Gasteiger partial charge in [0.2, 0.25) is 5.91 Å². The quantitative estimate of drug-likeness (QED) is 0.638. The maximum absolute atomic E-state index is 13.6. The molecule has 2 fully saturated rings. The van der Waals surface area contributed by atoms with Crippen LogP contribution >= 0.6 is 0 Å². The van der Waals surface area contributed by atoms with Crippen LogP contribution < -0.4 is 5.32 Å². The van der Waals surface area contributed by atoms with Crippen LogP contribution in [0.15, 0.2) is 48.5 Å². The molecule has 2 N–H and O–H groups in total. The number of benzene rings is 2. The molecule has 2 aromatic rings. The second-order valence-electron chi connectivity index (χ2n) is 10.3. The molecule has 1 heterocycles. The number of nitrogens with zero attached hydrogens (tertiary/aromatic N) is 1. The van der Waals surface area contributed by atoms with Crippen LogP contribution in [0.5, 0.6) is 0 Å². The third-order valence-corrected chi connectivity index (χ3v) is 8.50. The van der Waals surface area contributed by atoms with Crippen molar-refractivity contribution >= 4 is 18.0 Å². The van der Waals surface area contributed by atoms with Crippen LogP contribution in [0, 0.1) is 5.41 Å². The molecule has 35 heavy (non-hydrogen) atoms. The van der Waals surface area contributed by atoms with Gasteiger partial charge in [0.15, 0.2) is 0 Å². The van der Waals surface area contributed by atoms with E-state index in [1.807, 2.05) is 31.2 Å². The zero-order valence-electron chi connectivity index (χ0n) is 20.3. The Morgan fingerprint density at radius 1 is 1.09 bits per heavy atom. The molecule has 3 aliphatic rings. The highest BCUT2D eigenvalue weighted by atomic mass is 16.5. The number of amides is 2. The minimum atomic E-state index is -1.17. The highest BCUT2D eigenvalue weighted by molar-refractivity contribution is 5.91. The van der Waals surface area contributed by atoms with Crippen molar-refractivity contribution < 1.29 is 24.2 Å². The summed E-state index contributed by atoms with van der Waals surface area (Å²) >= 11 is 0. The zero-order valence-corrected chi connectivity index (χ0v) is 20.3. The Bertz CT molecular complexity index is 1130. The predicted molar refractivity (Wildman–Crippen MR) is 131 cm³/mol. The number of rotatable bonds is 6. The van der Waals surface area contributed by atoms with Gasteiger partial charge in [-0.1, -0.05) is 61.9 Å². The molecule has 2 amide bonds. The van der Waals surface area contributed by atoms with Crippen molar-refractivity contribution in [1.29, 1.82) is 0 Å². The van der Waals surface area contributed by atoms with Crippen LogP contribution in [0.3, 0.4) is 0 Å². The first-order valence-electron chi connectivity index (χ1n) is 12.5. The summed E-state index contributed by atoms with van der Waals surface area (Å²) in [6, 6.07) is 15.9. The lowest BCUT2D eigenvalue weighted by Crippen LogP contribution is -2.59. The number of fused-ring (bicyclic) bond motifs is 4. The van der Waals surface area contributed by atoms with E-state index in [0.717, 1.165) is 28.7 Å². The number of alkyl carbamates (subject to hydrolysis) is 1. The Morgan fingerprint density at radius 3 is 2.31 bits per heavy atom. The van der Waals surface area contributed by atoms with E-state index in [1.54, 1.807) is 11.8 Å². The normalized spacial score (nSPS) is 24.3. The van der Waals surface area contributed by atoms with E-state index in [4.69, 9.17) is 4.74 Å². The maximum atomic E-state index is 13.6. The Morgan fingerprint density at radius 2 is 1.71 bits per heavy atom. The monoisotopic (exact) mass is 476 g/mol. The SMILES string of the molecule is CCC(C)(NC(=O)OCC1c2ccccc2-c2ccccc21)C(=O)N1CCC2(C(=O)O)CCCC12. The molecule has 1 saturated heterocycles. The number of carbonyl (C=O) groups is 3. The van der Waals surface area contributed by atoms with Crippen molar-refractivity contribution in [2.75, 3.05) is 13.2 Å². The largest absolute Gasteiger partial charge is 0.481 e. The van der Waals surface area contributed by atoms with E-state index in [2.05, 4.69) is 29.6 Å². The number of aliphatic carboxylic acids is 1. The molecule has 1 aliphatic heterocycles. The number of nitrogens with one attached hydrogen (secondary N) is 1. The van der Waals surface area contributed by atoms with Gasteiger partial charge in [-0.2, -0.15) is 0 Å². The standard InChI is InChI=1S/C28H32N2O5/c1-3-27(2,24(31)30-16-15-28(25(32)33)14-8-13-23(28)30)29-26(34)35-17-22-20-11-6-4-9-18(20)19-10-5-7-12-21(19)22/h4-7,9-12,22-23H,3,8,13-17H2,1-2H3,(H,29,34)(H,32,33). The number of carbonyl (C=O) groups excluding carboxylic acids is 2. The van der Waals surface area contributed by atoms with E-state index in [-0.39, 0.29) is 24.5 Å². The lowest BCUT2D eigenvalue weighted by atomic mass is 9.82. The second-order valence-corrected chi connectivity index (χ2v) is 10.3. The van der Waals surface area contributed by atoms with E-state index in [0.29, 0.717) is 32.2 Å². The van der Waals surface area contributed by atoms with E-state index < -0.39 is 23.0 Å². The molecule has 2 aromatic carbocycles. The first-order valence-corrected chi connectivity index (χ1v) is 12.5. The van der Waals surface area contributed by atoms with Gasteiger partial charge < -0.3 is 20.1 Å². The third-order valence-electron chi connectivity index (χ3n) is 8.50. The Labute approximate surface area is 205 Å². The molecule has 3 unspecified atom stereocenters. The summed E-state index contributed by atoms with van der Waals surface area (Å²) in [5, 5.41) is 12.7. The first kappa shape index (κ1) is 23.4. The summed E-state index contributed by atoms with van der Waals surface area (Å²) in [6.45, 7) is 4.11. The fraction of sp³-hybridized carbons (Fsp3) is 0.464. The van der Waals surface area contributed by atoms with Crippen molar-refractivity contribution in [1.82, 2.24) is 10.2 Å². The van der Waals surface area contributed by atoms with Gasteiger partial charge in [-0.25, -0.2) is 4.79 Å². The van der Waals surface area contributed by atoms with Crippen molar-refractivity contribution in [2.24, 2.45) is 5.41 Å². The molecular formula is C28H32N2O5. The van der Waals surface area contributed by atoms with Gasteiger partial charge >= 0.3 is 12.1 Å². The van der Waals surface area contributed by atoms with Gasteiger partial charge in [0.1, 0.15) is 12.1 Å². The molecule has 3 atom stereocenters. The van der Waals surface area contributed by atoms with Crippen molar-refractivity contribution in [3.63, 3.8) is 0 Å². The van der Waals surface area contributed by atoms with Crippen LogP contribution in [0.25, 0.3) is 11.1 Å². The summed E-state index contributed by atoms with van der Waals surface area (Å²) in [4.78, 5) is 40.2. The zero-order chi connectivity index (χ0) is 24.8. The molecule has 2 aliphatic carbocycles. The molecule has 0 spiro atoms. The van der Waals surface area contributed by atoms with Gasteiger partial charge in [-0.3, -0.25) is 9.59 Å². The minimum absolute atomic E-state index is 0.0648. The van der Waals surface area contributed by atoms with Crippen molar-refractivity contribution in [3.05, 3.63) is 59.7 Å². The van der Waals surface area contributed by atoms with Crippen LogP contribution in [0.2, 0.25) is 0 Å². The lowest BCUT2D eigenvalue weighted by molar-refractivity contribution is -0.150. The fourth-order valence-corrected chi connectivity index (χ4v) is 6.34. The number of likely N-dealkylation sites (tertiary alicyclic amines) is 1.